The number of para-hydroxylation sites is 1. The number of ether oxygens (including phenoxy) is 1. The molecule has 0 amide bonds. The molecule has 29 heavy (non-hydrogen) atoms. The zero-order valence-corrected chi connectivity index (χ0v) is 17.0. The number of hydrogen-bond acceptors (Lipinski definition) is 5. The predicted octanol–water partition coefficient (Wildman–Crippen LogP) is 3.29. The molecule has 0 unspecified atom stereocenters. The third-order valence-electron chi connectivity index (χ3n) is 4.42. The van der Waals surface area contributed by atoms with Gasteiger partial charge in [-0.3, -0.25) is 14.3 Å². The predicted molar refractivity (Wildman–Crippen MR) is 111 cm³/mol. The molecule has 3 aromatic rings. The van der Waals surface area contributed by atoms with Crippen molar-refractivity contribution < 1.29 is 22.7 Å². The Kier molecular flexibility index (Phi) is 6.03. The maximum absolute atomic E-state index is 12.5. The molecule has 2 N–H and O–H groups in total. The number of Topliss-reactive ketones (excluding diaryl/α,β-unsaturated/α-hetero) is 1. The lowest BCUT2D eigenvalue weighted by atomic mass is 10.1. The second kappa shape index (κ2) is 8.48. The molecule has 0 radical (unpaired) electrons. The van der Waals surface area contributed by atoms with Crippen LogP contribution in [0.15, 0.2) is 54.7 Å². The number of carbonyl (C=O) groups is 2. The Hall–Kier alpha value is -3.13. The highest BCUT2D eigenvalue weighted by Crippen LogP contribution is 2.19. The van der Waals surface area contributed by atoms with Crippen molar-refractivity contribution in [2.45, 2.75) is 25.9 Å². The van der Waals surface area contributed by atoms with Crippen LogP contribution in [0.1, 0.15) is 29.3 Å². The minimum atomic E-state index is -3.39. The number of benzene rings is 2. The Morgan fingerprint density at radius 2 is 1.79 bits per heavy atom. The van der Waals surface area contributed by atoms with Gasteiger partial charge in [-0.15, -0.1) is 0 Å². The Bertz CT molecular complexity index is 1130. The molecule has 0 saturated heterocycles. The summed E-state index contributed by atoms with van der Waals surface area (Å²) < 4.78 is 30.1. The summed E-state index contributed by atoms with van der Waals surface area (Å²) in [4.78, 5) is 27.8. The van der Waals surface area contributed by atoms with Crippen molar-refractivity contribution in [3.05, 3.63) is 65.9 Å². The van der Waals surface area contributed by atoms with Crippen molar-refractivity contribution in [1.29, 1.82) is 0 Å². The van der Waals surface area contributed by atoms with Crippen molar-refractivity contribution in [3.8, 4) is 0 Å². The van der Waals surface area contributed by atoms with E-state index in [9.17, 15) is 18.0 Å². The highest BCUT2D eigenvalue weighted by molar-refractivity contribution is 7.92. The van der Waals surface area contributed by atoms with E-state index in [1.54, 1.807) is 0 Å². The van der Waals surface area contributed by atoms with Gasteiger partial charge in [0.15, 0.2) is 6.10 Å². The number of hydrogen-bond donors (Lipinski definition) is 2. The van der Waals surface area contributed by atoms with Crippen LogP contribution in [0, 0.1) is 0 Å². The molecule has 152 valence electrons. The minimum absolute atomic E-state index is 0.163. The van der Waals surface area contributed by atoms with E-state index in [-0.39, 0.29) is 12.2 Å². The van der Waals surface area contributed by atoms with E-state index in [2.05, 4.69) is 9.71 Å². The summed E-state index contributed by atoms with van der Waals surface area (Å²) in [5, 5.41) is 1.06. The number of sulfonamides is 1. The first kappa shape index (κ1) is 20.6. The molecule has 1 heterocycles. The van der Waals surface area contributed by atoms with E-state index in [1.807, 2.05) is 30.5 Å². The molecular formula is C21H22N2O5S. The quantitative estimate of drug-likeness (QED) is 0.435. The van der Waals surface area contributed by atoms with Gasteiger partial charge >= 0.3 is 5.97 Å². The summed E-state index contributed by atoms with van der Waals surface area (Å²) in [6.45, 7) is 1.52. The van der Waals surface area contributed by atoms with Gasteiger partial charge in [-0.1, -0.05) is 18.2 Å². The van der Waals surface area contributed by atoms with Gasteiger partial charge < -0.3 is 9.72 Å². The molecule has 1 aromatic heterocycles. The number of anilines is 1. The van der Waals surface area contributed by atoms with Crippen LogP contribution in [-0.4, -0.2) is 37.5 Å². The summed E-state index contributed by atoms with van der Waals surface area (Å²) in [6.07, 6.45) is 2.66. The van der Waals surface area contributed by atoms with Crippen molar-refractivity contribution in [2.24, 2.45) is 0 Å². The first-order valence-corrected chi connectivity index (χ1v) is 11.0. The smallest absolute Gasteiger partial charge is 0.306 e. The van der Waals surface area contributed by atoms with Gasteiger partial charge in [-0.25, -0.2) is 8.42 Å². The number of aromatic amines is 1. The zero-order valence-electron chi connectivity index (χ0n) is 16.1. The summed E-state index contributed by atoms with van der Waals surface area (Å²) >= 11 is 0. The van der Waals surface area contributed by atoms with Gasteiger partial charge in [0.25, 0.3) is 0 Å². The first-order chi connectivity index (χ1) is 13.7. The highest BCUT2D eigenvalue weighted by atomic mass is 32.2. The lowest BCUT2D eigenvalue weighted by Gasteiger charge is -2.13. The van der Waals surface area contributed by atoms with Gasteiger partial charge in [-0.05, 0) is 49.2 Å². The lowest BCUT2D eigenvalue weighted by molar-refractivity contribution is -0.146. The summed E-state index contributed by atoms with van der Waals surface area (Å²) in [5.74, 6) is -0.803. The van der Waals surface area contributed by atoms with E-state index in [0.717, 1.165) is 22.7 Å². The molecule has 0 bridgehead atoms. The van der Waals surface area contributed by atoms with Crippen LogP contribution in [-0.2, 0) is 26.0 Å². The Morgan fingerprint density at radius 3 is 2.48 bits per heavy atom. The van der Waals surface area contributed by atoms with Crippen LogP contribution >= 0.6 is 0 Å². The summed E-state index contributed by atoms with van der Waals surface area (Å²) in [6, 6.07) is 13.8. The number of aryl methyl sites for hydroxylation is 1. The molecule has 0 spiro atoms. The standard InChI is InChI=1S/C21H22N2O5S/c1-14(21(25)15-7-10-17(11-8-15)23-29(2,26)27)28-20(24)12-9-16-13-22-19-6-4-3-5-18(16)19/h3-8,10-11,13-14,22-23H,9,12H2,1-2H3/t14-/m1/s1. The molecule has 3 rings (SSSR count). The molecule has 8 heteroatoms. The summed E-state index contributed by atoms with van der Waals surface area (Å²) in [5.41, 5.74) is 2.71. The van der Waals surface area contributed by atoms with Crippen LogP contribution in [0.2, 0.25) is 0 Å². The third-order valence-corrected chi connectivity index (χ3v) is 5.03. The second-order valence-corrected chi connectivity index (χ2v) is 8.56. The van der Waals surface area contributed by atoms with Crippen LogP contribution in [0.25, 0.3) is 10.9 Å². The highest BCUT2D eigenvalue weighted by Gasteiger charge is 2.20. The molecular weight excluding hydrogens is 392 g/mol. The number of H-pyrrole nitrogens is 1. The number of carbonyl (C=O) groups excluding carboxylic acids is 2. The fraction of sp³-hybridized carbons (Fsp3) is 0.238. The number of ketones is 1. The molecule has 0 aliphatic carbocycles. The van der Waals surface area contributed by atoms with E-state index >= 15 is 0 Å². The summed E-state index contributed by atoms with van der Waals surface area (Å²) in [7, 11) is -3.39. The Labute approximate surface area is 169 Å². The lowest BCUT2D eigenvalue weighted by Crippen LogP contribution is -2.24. The zero-order chi connectivity index (χ0) is 21.0. The Morgan fingerprint density at radius 1 is 1.10 bits per heavy atom. The monoisotopic (exact) mass is 414 g/mol. The molecule has 1 atom stereocenters. The van der Waals surface area contributed by atoms with E-state index < -0.39 is 22.1 Å². The normalized spacial score (nSPS) is 12.5. The number of aromatic nitrogens is 1. The molecule has 2 aromatic carbocycles. The van der Waals surface area contributed by atoms with Crippen molar-refractivity contribution in [3.63, 3.8) is 0 Å². The third kappa shape index (κ3) is 5.45. The molecule has 0 fully saturated rings. The van der Waals surface area contributed by atoms with Crippen molar-refractivity contribution >= 4 is 38.4 Å². The first-order valence-electron chi connectivity index (χ1n) is 9.09. The van der Waals surface area contributed by atoms with Gasteiger partial charge in [0.1, 0.15) is 0 Å². The number of esters is 1. The number of nitrogens with one attached hydrogen (secondary N) is 2. The van der Waals surface area contributed by atoms with Gasteiger partial charge in [0.05, 0.1) is 6.26 Å². The maximum Gasteiger partial charge on any atom is 0.306 e. The fourth-order valence-corrected chi connectivity index (χ4v) is 3.60. The number of fused-ring (bicyclic) bond motifs is 1. The van der Waals surface area contributed by atoms with Crippen LogP contribution in [0.4, 0.5) is 5.69 Å². The van der Waals surface area contributed by atoms with Gasteiger partial charge in [0, 0.05) is 34.8 Å². The van der Waals surface area contributed by atoms with E-state index in [0.29, 0.717) is 17.7 Å². The molecule has 0 saturated carbocycles. The topological polar surface area (TPSA) is 105 Å². The van der Waals surface area contributed by atoms with Crippen molar-refractivity contribution in [1.82, 2.24) is 4.98 Å². The maximum atomic E-state index is 12.5. The molecule has 0 aliphatic rings. The van der Waals surface area contributed by atoms with Crippen LogP contribution in [0.5, 0.6) is 0 Å². The number of rotatable bonds is 8. The largest absolute Gasteiger partial charge is 0.454 e. The van der Waals surface area contributed by atoms with Gasteiger partial charge in [0.2, 0.25) is 15.8 Å². The van der Waals surface area contributed by atoms with Crippen LogP contribution in [0.3, 0.4) is 0 Å². The fourth-order valence-electron chi connectivity index (χ4n) is 3.04. The minimum Gasteiger partial charge on any atom is -0.454 e. The van der Waals surface area contributed by atoms with Crippen LogP contribution < -0.4 is 4.72 Å². The molecule has 7 nitrogen and oxygen atoms in total. The average molecular weight is 414 g/mol. The van der Waals surface area contributed by atoms with Crippen molar-refractivity contribution in [2.75, 3.05) is 11.0 Å². The second-order valence-electron chi connectivity index (χ2n) is 6.81. The SMILES string of the molecule is C[C@@H](OC(=O)CCc1c[nH]c2ccccc12)C(=O)c1ccc(NS(C)(=O)=O)cc1. The van der Waals surface area contributed by atoms with Gasteiger partial charge in [-0.2, -0.15) is 0 Å². The van der Waals surface area contributed by atoms with E-state index in [1.165, 1.54) is 31.2 Å². The molecule has 0 aliphatic heterocycles. The average Bonchev–Trinajstić information content (AvgIpc) is 3.08. The Balaban J connectivity index is 1.55. The van der Waals surface area contributed by atoms with E-state index in [4.69, 9.17) is 4.74 Å².